The lowest BCUT2D eigenvalue weighted by molar-refractivity contribution is -0.320. The van der Waals surface area contributed by atoms with Gasteiger partial charge < -0.3 is 9.47 Å². The minimum Gasteiger partial charge on any atom is -0.498 e. The quantitative estimate of drug-likeness (QED) is 0.364. The van der Waals surface area contributed by atoms with Crippen molar-refractivity contribution in [2.24, 2.45) is 17.8 Å². The van der Waals surface area contributed by atoms with E-state index in [4.69, 9.17) is 4.74 Å². The number of ether oxygens (including phenoxy) is 2. The first kappa shape index (κ1) is 19.8. The van der Waals surface area contributed by atoms with Crippen molar-refractivity contribution < 1.29 is 45.0 Å². The molecule has 0 aromatic carbocycles. The van der Waals surface area contributed by atoms with E-state index in [1.165, 1.54) is 6.26 Å². The molecule has 2 fully saturated rings. The molecule has 0 radical (unpaired) electrons. The third-order valence-corrected chi connectivity index (χ3v) is 4.81. The molecule has 2 saturated carbocycles. The van der Waals surface area contributed by atoms with Gasteiger partial charge in [0.2, 0.25) is 0 Å². The summed E-state index contributed by atoms with van der Waals surface area (Å²) in [6.07, 6.45) is 2.39. The van der Waals surface area contributed by atoms with Crippen molar-refractivity contribution in [2.75, 3.05) is 13.3 Å². The highest BCUT2D eigenvalue weighted by Gasteiger charge is 2.72. The number of hydrogen-bond donors (Lipinski definition) is 0. The van der Waals surface area contributed by atoms with E-state index in [-0.39, 0.29) is 17.9 Å². The summed E-state index contributed by atoms with van der Waals surface area (Å²) in [7, 11) is 0. The standard InChI is InChI=1S/C15H17F7O3/c1-2-24-11-5-8-3-9(11)10(4-8)12(23)25-7-14(19,20)15(21,22)13(17,18)6-16/h2,8-11H,1,3-7H2. The number of alkyl halides is 7. The second kappa shape index (κ2) is 6.68. The van der Waals surface area contributed by atoms with Gasteiger partial charge in [-0.25, -0.2) is 4.39 Å². The molecule has 2 bridgehead atoms. The van der Waals surface area contributed by atoms with Gasteiger partial charge in [-0.2, -0.15) is 26.3 Å². The molecule has 0 heterocycles. The Morgan fingerprint density at radius 2 is 1.72 bits per heavy atom. The Morgan fingerprint density at radius 3 is 2.24 bits per heavy atom. The van der Waals surface area contributed by atoms with Crippen LogP contribution in [0.15, 0.2) is 12.8 Å². The van der Waals surface area contributed by atoms with Crippen LogP contribution in [0.1, 0.15) is 19.3 Å². The second-order valence-corrected chi connectivity index (χ2v) is 6.41. The van der Waals surface area contributed by atoms with Gasteiger partial charge in [-0.1, -0.05) is 6.58 Å². The predicted octanol–water partition coefficient (Wildman–Crippen LogP) is 3.98. The van der Waals surface area contributed by atoms with E-state index in [0.717, 1.165) is 0 Å². The molecule has 0 N–H and O–H groups in total. The van der Waals surface area contributed by atoms with Gasteiger partial charge in [0.1, 0.15) is 6.10 Å². The van der Waals surface area contributed by atoms with Crippen molar-refractivity contribution in [3.05, 3.63) is 12.8 Å². The van der Waals surface area contributed by atoms with Crippen LogP contribution in [0.4, 0.5) is 30.7 Å². The molecule has 3 nitrogen and oxygen atoms in total. The highest BCUT2D eigenvalue weighted by Crippen LogP contribution is 2.51. The molecule has 2 aliphatic rings. The topological polar surface area (TPSA) is 35.5 Å². The number of rotatable bonds is 8. The number of carbonyl (C=O) groups excluding carboxylic acids is 1. The SMILES string of the molecule is C=COC1CC2CC(C(=O)OCC(F)(F)C(F)(F)C(F)(F)CF)C1C2. The van der Waals surface area contributed by atoms with Crippen LogP contribution < -0.4 is 0 Å². The van der Waals surface area contributed by atoms with E-state index < -0.39 is 42.9 Å². The van der Waals surface area contributed by atoms with E-state index >= 15 is 0 Å². The van der Waals surface area contributed by atoms with E-state index in [0.29, 0.717) is 19.3 Å². The van der Waals surface area contributed by atoms with Gasteiger partial charge in [-0.15, -0.1) is 0 Å². The Morgan fingerprint density at radius 1 is 1.08 bits per heavy atom. The van der Waals surface area contributed by atoms with Crippen molar-refractivity contribution in [1.82, 2.24) is 0 Å². The molecule has 4 atom stereocenters. The first-order valence-corrected chi connectivity index (χ1v) is 7.59. The number of carbonyl (C=O) groups is 1. The van der Waals surface area contributed by atoms with Crippen LogP contribution in [0.3, 0.4) is 0 Å². The van der Waals surface area contributed by atoms with Crippen LogP contribution in [-0.2, 0) is 14.3 Å². The van der Waals surface area contributed by atoms with Crippen molar-refractivity contribution in [3.63, 3.8) is 0 Å². The number of fused-ring (bicyclic) bond motifs is 2. The zero-order chi connectivity index (χ0) is 19.0. The van der Waals surface area contributed by atoms with Gasteiger partial charge in [-0.3, -0.25) is 4.79 Å². The zero-order valence-electron chi connectivity index (χ0n) is 13.0. The Hall–Kier alpha value is -1.48. The zero-order valence-corrected chi connectivity index (χ0v) is 13.0. The number of hydrogen-bond acceptors (Lipinski definition) is 3. The monoisotopic (exact) mass is 378 g/mol. The van der Waals surface area contributed by atoms with Gasteiger partial charge in [0.05, 0.1) is 12.2 Å². The largest absolute Gasteiger partial charge is 0.498 e. The van der Waals surface area contributed by atoms with E-state index in [2.05, 4.69) is 11.3 Å². The minimum atomic E-state index is -5.99. The van der Waals surface area contributed by atoms with Crippen LogP contribution in [0.5, 0.6) is 0 Å². The highest BCUT2D eigenvalue weighted by molar-refractivity contribution is 5.73. The lowest BCUT2D eigenvalue weighted by Gasteiger charge is -2.32. The van der Waals surface area contributed by atoms with Crippen molar-refractivity contribution in [2.45, 2.75) is 43.1 Å². The molecule has 0 aliphatic heterocycles. The summed E-state index contributed by atoms with van der Waals surface area (Å²) in [6.45, 7) is -1.83. The van der Waals surface area contributed by atoms with Gasteiger partial charge in [0.25, 0.3) is 0 Å². The molecule has 0 saturated heterocycles. The summed E-state index contributed by atoms with van der Waals surface area (Å²) in [5.41, 5.74) is 0. The Labute approximate surface area is 139 Å². The van der Waals surface area contributed by atoms with Crippen LogP contribution in [0.2, 0.25) is 0 Å². The molecule has 0 spiro atoms. The molecular formula is C15H17F7O3. The van der Waals surface area contributed by atoms with E-state index in [9.17, 15) is 35.5 Å². The maximum absolute atomic E-state index is 13.4. The van der Waals surface area contributed by atoms with Gasteiger partial charge in [0, 0.05) is 5.92 Å². The third-order valence-electron chi connectivity index (χ3n) is 4.81. The second-order valence-electron chi connectivity index (χ2n) is 6.41. The molecule has 0 amide bonds. The molecule has 4 unspecified atom stereocenters. The summed E-state index contributed by atoms with van der Waals surface area (Å²) in [6, 6.07) is 0. The number of halogens is 7. The summed E-state index contributed by atoms with van der Waals surface area (Å²) < 4.78 is 100.0. The molecule has 10 heteroatoms. The van der Waals surface area contributed by atoms with Crippen LogP contribution >= 0.6 is 0 Å². The maximum Gasteiger partial charge on any atom is 0.378 e. The molecular weight excluding hydrogens is 361 g/mol. The van der Waals surface area contributed by atoms with Crippen LogP contribution in [0, 0.1) is 17.8 Å². The number of esters is 1. The van der Waals surface area contributed by atoms with E-state index in [1.807, 2.05) is 0 Å². The van der Waals surface area contributed by atoms with Crippen molar-refractivity contribution >= 4 is 5.97 Å². The fraction of sp³-hybridized carbons (Fsp3) is 0.800. The maximum atomic E-state index is 13.4. The summed E-state index contributed by atoms with van der Waals surface area (Å²) in [4.78, 5) is 11.9. The first-order valence-electron chi connectivity index (χ1n) is 7.59. The summed E-state index contributed by atoms with van der Waals surface area (Å²) >= 11 is 0. The van der Waals surface area contributed by atoms with Crippen molar-refractivity contribution in [1.29, 1.82) is 0 Å². The summed E-state index contributed by atoms with van der Waals surface area (Å²) in [5.74, 6) is -19.2. The Bertz CT molecular complexity index is 523. The molecule has 25 heavy (non-hydrogen) atoms. The predicted molar refractivity (Wildman–Crippen MR) is 71.2 cm³/mol. The molecule has 2 rings (SSSR count). The van der Waals surface area contributed by atoms with Gasteiger partial charge in [0.15, 0.2) is 13.3 Å². The Balaban J connectivity index is 1.99. The van der Waals surface area contributed by atoms with Gasteiger partial charge >= 0.3 is 23.7 Å². The van der Waals surface area contributed by atoms with Gasteiger partial charge in [-0.05, 0) is 25.2 Å². The highest BCUT2D eigenvalue weighted by atomic mass is 19.3. The fourth-order valence-corrected chi connectivity index (χ4v) is 3.55. The normalized spacial score (nSPS) is 29.6. The molecule has 0 aromatic rings. The van der Waals surface area contributed by atoms with E-state index in [1.54, 1.807) is 0 Å². The minimum absolute atomic E-state index is 0.102. The fourth-order valence-electron chi connectivity index (χ4n) is 3.55. The van der Waals surface area contributed by atoms with Crippen molar-refractivity contribution in [3.8, 4) is 0 Å². The van der Waals surface area contributed by atoms with Crippen LogP contribution in [0.25, 0.3) is 0 Å². The molecule has 144 valence electrons. The lowest BCUT2D eigenvalue weighted by Crippen LogP contribution is -2.57. The smallest absolute Gasteiger partial charge is 0.378 e. The molecule has 2 aliphatic carbocycles. The van der Waals surface area contributed by atoms with Crippen LogP contribution in [-0.4, -0.2) is 43.1 Å². The average molecular weight is 378 g/mol. The Kier molecular flexibility index (Phi) is 5.30. The third kappa shape index (κ3) is 3.44. The first-order chi connectivity index (χ1) is 11.5. The molecule has 0 aromatic heterocycles. The summed E-state index contributed by atoms with van der Waals surface area (Å²) in [5, 5.41) is 0. The average Bonchev–Trinajstić information content (AvgIpc) is 3.12. The lowest BCUT2D eigenvalue weighted by atomic mass is 9.86.